The van der Waals surface area contributed by atoms with E-state index in [-0.39, 0.29) is 12.5 Å². The molecule has 5 heteroatoms. The van der Waals surface area contributed by atoms with Gasteiger partial charge in [0.1, 0.15) is 5.75 Å². The molecule has 0 atom stereocenters. The second-order valence-electron chi connectivity index (χ2n) is 4.53. The number of nitrogens with two attached hydrogens (primary N) is 1. The molecule has 21 heavy (non-hydrogen) atoms. The molecule has 0 aromatic heterocycles. The van der Waals surface area contributed by atoms with Crippen LogP contribution in [-0.4, -0.2) is 19.1 Å². The summed E-state index contributed by atoms with van der Waals surface area (Å²) in [4.78, 5) is 11.8. The Balaban J connectivity index is 1.87. The summed E-state index contributed by atoms with van der Waals surface area (Å²) in [5.41, 5.74) is 7.25. The third kappa shape index (κ3) is 5.10. The third-order valence-corrected chi connectivity index (χ3v) is 3.04. The van der Waals surface area contributed by atoms with Gasteiger partial charge in [-0.05, 0) is 48.9 Å². The monoisotopic (exact) mass is 304 g/mol. The Hall–Kier alpha value is -2.04. The molecular weight excluding hydrogens is 288 g/mol. The molecule has 0 unspecified atom stereocenters. The van der Waals surface area contributed by atoms with Crippen LogP contribution in [0.4, 0.5) is 5.69 Å². The van der Waals surface area contributed by atoms with Gasteiger partial charge in [-0.3, -0.25) is 4.79 Å². The number of carbonyl (C=O) groups is 1. The van der Waals surface area contributed by atoms with Crippen LogP contribution in [0.2, 0.25) is 5.02 Å². The zero-order chi connectivity index (χ0) is 15.1. The molecule has 0 fully saturated rings. The molecule has 0 saturated heterocycles. The van der Waals surface area contributed by atoms with Crippen molar-refractivity contribution in [2.75, 3.05) is 18.5 Å². The maximum atomic E-state index is 11.8. The normalized spacial score (nSPS) is 10.2. The summed E-state index contributed by atoms with van der Waals surface area (Å²) in [5.74, 6) is 0.420. The number of amides is 1. The van der Waals surface area contributed by atoms with E-state index in [1.807, 2.05) is 24.3 Å². The van der Waals surface area contributed by atoms with Crippen LogP contribution >= 0.6 is 11.6 Å². The quantitative estimate of drug-likeness (QED) is 0.862. The fraction of sp³-hybridized carbons (Fsp3) is 0.188. The van der Waals surface area contributed by atoms with Crippen molar-refractivity contribution >= 4 is 23.2 Å². The van der Waals surface area contributed by atoms with Crippen molar-refractivity contribution in [3.63, 3.8) is 0 Å². The fourth-order valence-corrected chi connectivity index (χ4v) is 2.06. The first-order valence-corrected chi connectivity index (χ1v) is 7.02. The lowest BCUT2D eigenvalue weighted by Crippen LogP contribution is -2.20. The lowest BCUT2D eigenvalue weighted by Gasteiger charge is -2.09. The Morgan fingerprint density at radius 1 is 1.19 bits per heavy atom. The number of benzene rings is 2. The van der Waals surface area contributed by atoms with E-state index in [2.05, 4.69) is 5.32 Å². The van der Waals surface area contributed by atoms with E-state index in [0.29, 0.717) is 23.0 Å². The zero-order valence-corrected chi connectivity index (χ0v) is 12.3. The van der Waals surface area contributed by atoms with E-state index in [1.165, 1.54) is 0 Å². The van der Waals surface area contributed by atoms with Crippen LogP contribution in [0.1, 0.15) is 5.56 Å². The molecule has 0 bridgehead atoms. The van der Waals surface area contributed by atoms with Gasteiger partial charge < -0.3 is 15.8 Å². The highest BCUT2D eigenvalue weighted by molar-refractivity contribution is 6.30. The molecule has 2 aromatic rings. The molecule has 0 saturated carbocycles. The van der Waals surface area contributed by atoms with Gasteiger partial charge in [-0.15, -0.1) is 0 Å². The molecule has 0 aliphatic heterocycles. The Morgan fingerprint density at radius 2 is 2.00 bits per heavy atom. The molecule has 1 amide bonds. The highest BCUT2D eigenvalue weighted by atomic mass is 35.5. The number of nitrogens with one attached hydrogen (secondary N) is 1. The SMILES string of the molecule is NCCc1cccc(OCC(=O)Nc2cccc(Cl)c2)c1. The first-order valence-electron chi connectivity index (χ1n) is 6.64. The topological polar surface area (TPSA) is 64.3 Å². The number of halogens is 1. The van der Waals surface area contributed by atoms with Crippen LogP contribution in [0.3, 0.4) is 0 Å². The van der Waals surface area contributed by atoms with Gasteiger partial charge >= 0.3 is 0 Å². The molecule has 0 spiro atoms. The average Bonchev–Trinajstić information content (AvgIpc) is 2.46. The van der Waals surface area contributed by atoms with Gasteiger partial charge in [0.2, 0.25) is 0 Å². The lowest BCUT2D eigenvalue weighted by molar-refractivity contribution is -0.118. The molecule has 0 aliphatic rings. The summed E-state index contributed by atoms with van der Waals surface area (Å²) in [6.07, 6.45) is 0.784. The summed E-state index contributed by atoms with van der Waals surface area (Å²) < 4.78 is 5.47. The molecule has 0 radical (unpaired) electrons. The maximum Gasteiger partial charge on any atom is 0.262 e. The van der Waals surface area contributed by atoms with Gasteiger partial charge in [0.25, 0.3) is 5.91 Å². The van der Waals surface area contributed by atoms with Crippen LogP contribution in [0.25, 0.3) is 0 Å². The second-order valence-corrected chi connectivity index (χ2v) is 4.97. The summed E-state index contributed by atoms with van der Waals surface area (Å²) in [5, 5.41) is 3.30. The van der Waals surface area contributed by atoms with Crippen molar-refractivity contribution < 1.29 is 9.53 Å². The summed E-state index contributed by atoms with van der Waals surface area (Å²) in [6, 6.07) is 14.5. The van der Waals surface area contributed by atoms with Crippen LogP contribution in [0.15, 0.2) is 48.5 Å². The van der Waals surface area contributed by atoms with Gasteiger partial charge in [0.15, 0.2) is 6.61 Å². The minimum absolute atomic E-state index is 0.0570. The molecule has 0 heterocycles. The zero-order valence-electron chi connectivity index (χ0n) is 11.5. The molecule has 110 valence electrons. The van der Waals surface area contributed by atoms with Crippen molar-refractivity contribution in [3.8, 4) is 5.75 Å². The third-order valence-electron chi connectivity index (χ3n) is 2.81. The molecular formula is C16H17ClN2O2. The van der Waals surface area contributed by atoms with Crippen molar-refractivity contribution in [1.29, 1.82) is 0 Å². The first kappa shape index (κ1) is 15.4. The van der Waals surface area contributed by atoms with Crippen LogP contribution in [0, 0.1) is 0 Å². The van der Waals surface area contributed by atoms with Crippen LogP contribution < -0.4 is 15.8 Å². The Morgan fingerprint density at radius 3 is 2.76 bits per heavy atom. The maximum absolute atomic E-state index is 11.8. The largest absolute Gasteiger partial charge is 0.484 e. The number of carbonyl (C=O) groups excluding carboxylic acids is 1. The van der Waals surface area contributed by atoms with Crippen molar-refractivity contribution in [3.05, 3.63) is 59.1 Å². The first-order chi connectivity index (χ1) is 10.2. The number of hydrogen-bond acceptors (Lipinski definition) is 3. The minimum atomic E-state index is -0.235. The van der Waals surface area contributed by atoms with E-state index in [1.54, 1.807) is 24.3 Å². The minimum Gasteiger partial charge on any atom is -0.484 e. The van der Waals surface area contributed by atoms with Gasteiger partial charge in [-0.25, -0.2) is 0 Å². The van der Waals surface area contributed by atoms with Gasteiger partial charge in [0, 0.05) is 10.7 Å². The predicted molar refractivity (Wildman–Crippen MR) is 84.8 cm³/mol. The number of ether oxygens (including phenoxy) is 1. The van der Waals surface area contributed by atoms with E-state index in [0.717, 1.165) is 12.0 Å². The molecule has 2 rings (SSSR count). The Bertz CT molecular complexity index is 617. The van der Waals surface area contributed by atoms with Crippen molar-refractivity contribution in [2.24, 2.45) is 5.73 Å². The number of anilines is 1. The second kappa shape index (κ2) is 7.67. The van der Waals surface area contributed by atoms with Gasteiger partial charge in [-0.2, -0.15) is 0 Å². The fourth-order valence-electron chi connectivity index (χ4n) is 1.87. The van der Waals surface area contributed by atoms with E-state index >= 15 is 0 Å². The van der Waals surface area contributed by atoms with Crippen LogP contribution in [-0.2, 0) is 11.2 Å². The Kier molecular flexibility index (Phi) is 5.60. The number of rotatable bonds is 6. The molecule has 0 aliphatic carbocycles. The summed E-state index contributed by atoms with van der Waals surface area (Å²) in [7, 11) is 0. The standard InChI is InChI=1S/C16H17ClN2O2/c17-13-4-2-5-14(10-13)19-16(20)11-21-15-6-1-3-12(9-15)7-8-18/h1-6,9-10H,7-8,11,18H2,(H,19,20). The van der Waals surface area contributed by atoms with E-state index in [9.17, 15) is 4.79 Å². The van der Waals surface area contributed by atoms with E-state index in [4.69, 9.17) is 22.1 Å². The van der Waals surface area contributed by atoms with Gasteiger partial charge in [-0.1, -0.05) is 29.8 Å². The average molecular weight is 305 g/mol. The number of hydrogen-bond donors (Lipinski definition) is 2. The summed E-state index contributed by atoms with van der Waals surface area (Å²) in [6.45, 7) is 0.525. The van der Waals surface area contributed by atoms with E-state index < -0.39 is 0 Å². The lowest BCUT2D eigenvalue weighted by atomic mass is 10.1. The highest BCUT2D eigenvalue weighted by Crippen LogP contribution is 2.16. The molecule has 4 nitrogen and oxygen atoms in total. The van der Waals surface area contributed by atoms with Crippen molar-refractivity contribution in [2.45, 2.75) is 6.42 Å². The summed E-state index contributed by atoms with van der Waals surface area (Å²) >= 11 is 5.86. The molecule has 3 N–H and O–H groups in total. The predicted octanol–water partition coefficient (Wildman–Crippen LogP) is 2.86. The Labute approximate surface area is 128 Å². The highest BCUT2D eigenvalue weighted by Gasteiger charge is 2.04. The smallest absolute Gasteiger partial charge is 0.262 e. The van der Waals surface area contributed by atoms with Gasteiger partial charge in [0.05, 0.1) is 0 Å². The van der Waals surface area contributed by atoms with Crippen molar-refractivity contribution in [1.82, 2.24) is 0 Å². The van der Waals surface area contributed by atoms with Crippen LogP contribution in [0.5, 0.6) is 5.75 Å². The molecule has 2 aromatic carbocycles.